The van der Waals surface area contributed by atoms with Gasteiger partial charge in [0.05, 0.1) is 5.71 Å². The molecule has 1 heterocycles. The molecule has 1 fully saturated rings. The summed E-state index contributed by atoms with van der Waals surface area (Å²) in [6.07, 6.45) is 0.696. The van der Waals surface area contributed by atoms with Crippen LogP contribution in [0.15, 0.2) is 65.8 Å². The minimum Gasteiger partial charge on any atom is -0.481 e. The van der Waals surface area contributed by atoms with Gasteiger partial charge in [0.15, 0.2) is 6.10 Å². The van der Waals surface area contributed by atoms with Crippen molar-refractivity contribution in [3.63, 3.8) is 0 Å². The van der Waals surface area contributed by atoms with E-state index in [-0.39, 0.29) is 23.5 Å². The zero-order valence-corrected chi connectivity index (χ0v) is 24.7. The Balaban J connectivity index is 1.23. The van der Waals surface area contributed by atoms with Gasteiger partial charge in [0, 0.05) is 28.2 Å². The molecule has 0 aliphatic carbocycles. The van der Waals surface area contributed by atoms with Crippen molar-refractivity contribution in [2.24, 2.45) is 11.0 Å². The van der Waals surface area contributed by atoms with Crippen LogP contribution in [0.3, 0.4) is 0 Å². The predicted molar refractivity (Wildman–Crippen MR) is 161 cm³/mol. The van der Waals surface area contributed by atoms with Crippen LogP contribution in [0.5, 0.6) is 5.75 Å². The van der Waals surface area contributed by atoms with Crippen molar-refractivity contribution in [1.29, 1.82) is 0 Å². The van der Waals surface area contributed by atoms with E-state index in [2.05, 4.69) is 20.7 Å². The lowest BCUT2D eigenvalue weighted by atomic mass is 9.96. The Kier molecular flexibility index (Phi) is 10.4. The number of piperidine rings is 1. The molecule has 10 heteroatoms. The first-order valence-corrected chi connectivity index (χ1v) is 14.2. The van der Waals surface area contributed by atoms with Crippen molar-refractivity contribution in [3.8, 4) is 5.75 Å². The highest BCUT2D eigenvalue weighted by molar-refractivity contribution is 6.31. The molecule has 1 saturated heterocycles. The van der Waals surface area contributed by atoms with Gasteiger partial charge in [-0.15, -0.1) is 0 Å². The topological polar surface area (TPSA) is 83.0 Å². The van der Waals surface area contributed by atoms with Crippen molar-refractivity contribution in [2.75, 3.05) is 18.4 Å². The maximum atomic E-state index is 13.3. The Hall–Kier alpha value is -3.46. The maximum absolute atomic E-state index is 13.3. The number of carbonyl (C=O) groups excluding carboxylic acids is 2. The van der Waals surface area contributed by atoms with E-state index in [1.807, 2.05) is 26.0 Å². The number of rotatable bonds is 9. The third-order valence-electron chi connectivity index (χ3n) is 7.08. The highest BCUT2D eigenvalue weighted by Gasteiger charge is 2.25. The number of hydrogen-bond donors (Lipinski definition) is 2. The van der Waals surface area contributed by atoms with Crippen molar-refractivity contribution in [2.45, 2.75) is 46.3 Å². The summed E-state index contributed by atoms with van der Waals surface area (Å²) in [7, 11) is 0. The van der Waals surface area contributed by atoms with E-state index in [9.17, 15) is 14.0 Å². The van der Waals surface area contributed by atoms with Gasteiger partial charge >= 0.3 is 0 Å². The summed E-state index contributed by atoms with van der Waals surface area (Å²) in [5, 5.41) is 8.16. The fourth-order valence-electron chi connectivity index (χ4n) is 4.57. The van der Waals surface area contributed by atoms with Gasteiger partial charge in [-0.2, -0.15) is 5.10 Å². The fourth-order valence-corrected chi connectivity index (χ4v) is 5.02. The van der Waals surface area contributed by atoms with Gasteiger partial charge in [0.2, 0.25) is 5.91 Å². The Morgan fingerprint density at radius 3 is 2.44 bits per heavy atom. The zero-order chi connectivity index (χ0) is 29.5. The molecule has 0 spiro atoms. The van der Waals surface area contributed by atoms with Gasteiger partial charge in [0.1, 0.15) is 11.6 Å². The largest absolute Gasteiger partial charge is 0.481 e. The summed E-state index contributed by atoms with van der Waals surface area (Å²) in [4.78, 5) is 27.6. The minimum absolute atomic E-state index is 0.113. The van der Waals surface area contributed by atoms with Gasteiger partial charge in [-0.25, -0.2) is 9.82 Å². The lowest BCUT2D eigenvalue weighted by molar-refractivity contribution is -0.126. The van der Waals surface area contributed by atoms with Crippen LogP contribution in [0.2, 0.25) is 10.0 Å². The molecule has 7 nitrogen and oxygen atoms in total. The molecule has 0 radical (unpaired) electrons. The molecule has 4 rings (SSSR count). The lowest BCUT2D eigenvalue weighted by Gasteiger charge is -2.31. The molecular formula is C31H33Cl2FN4O3. The second-order valence-corrected chi connectivity index (χ2v) is 11.0. The Labute approximate surface area is 249 Å². The van der Waals surface area contributed by atoms with Crippen LogP contribution >= 0.6 is 23.2 Å². The zero-order valence-electron chi connectivity index (χ0n) is 23.2. The molecule has 0 bridgehead atoms. The average Bonchev–Trinajstić information content (AvgIpc) is 2.95. The van der Waals surface area contributed by atoms with Crippen molar-refractivity contribution >= 4 is 46.4 Å². The van der Waals surface area contributed by atoms with Gasteiger partial charge in [0.25, 0.3) is 5.91 Å². The number of anilines is 1. The van der Waals surface area contributed by atoms with Gasteiger partial charge in [-0.3, -0.25) is 14.5 Å². The monoisotopic (exact) mass is 598 g/mol. The molecule has 2 amide bonds. The van der Waals surface area contributed by atoms with Crippen molar-refractivity contribution < 1.29 is 18.7 Å². The maximum Gasteiger partial charge on any atom is 0.265 e. The van der Waals surface area contributed by atoms with E-state index in [1.165, 1.54) is 12.1 Å². The van der Waals surface area contributed by atoms with Crippen LogP contribution in [0, 0.1) is 18.7 Å². The highest BCUT2D eigenvalue weighted by atomic mass is 35.5. The molecule has 3 aromatic rings. The summed E-state index contributed by atoms with van der Waals surface area (Å²) >= 11 is 12.1. The number of nitrogens with zero attached hydrogens (tertiary/aromatic N) is 2. The number of aryl methyl sites for hydroxylation is 1. The predicted octanol–water partition coefficient (Wildman–Crippen LogP) is 6.60. The van der Waals surface area contributed by atoms with E-state index in [0.29, 0.717) is 46.6 Å². The number of amides is 2. The summed E-state index contributed by atoms with van der Waals surface area (Å²) in [6.45, 7) is 7.47. The van der Waals surface area contributed by atoms with Crippen LogP contribution in [0.1, 0.15) is 43.4 Å². The normalized spacial score (nSPS) is 15.3. The number of likely N-dealkylation sites (tertiary alicyclic amines) is 1. The van der Waals surface area contributed by atoms with E-state index >= 15 is 0 Å². The quantitative estimate of drug-likeness (QED) is 0.215. The lowest BCUT2D eigenvalue weighted by Crippen LogP contribution is -2.39. The van der Waals surface area contributed by atoms with Crippen LogP contribution in [-0.2, 0) is 16.1 Å². The average molecular weight is 600 g/mol. The van der Waals surface area contributed by atoms with Crippen molar-refractivity contribution in [1.82, 2.24) is 10.3 Å². The first-order chi connectivity index (χ1) is 19.6. The smallest absolute Gasteiger partial charge is 0.265 e. The van der Waals surface area contributed by atoms with Gasteiger partial charge in [-0.05, 0) is 106 Å². The molecule has 216 valence electrons. The molecule has 2 N–H and O–H groups in total. The number of nitrogens with one attached hydrogen (secondary N) is 2. The summed E-state index contributed by atoms with van der Waals surface area (Å²) in [6, 6.07) is 16.9. The van der Waals surface area contributed by atoms with E-state index in [0.717, 1.165) is 29.8 Å². The highest BCUT2D eigenvalue weighted by Crippen LogP contribution is 2.24. The van der Waals surface area contributed by atoms with E-state index < -0.39 is 6.10 Å². The van der Waals surface area contributed by atoms with Gasteiger partial charge < -0.3 is 10.1 Å². The summed E-state index contributed by atoms with van der Waals surface area (Å²) in [5.74, 6) is -0.283. The number of benzene rings is 3. The number of ether oxygens (including phenoxy) is 1. The first-order valence-electron chi connectivity index (χ1n) is 13.4. The first kappa shape index (κ1) is 30.5. The second kappa shape index (κ2) is 13.9. The standard InChI is InChI=1S/C31H33Cl2FN4O3/c1-19-16-25(32)7-11-29(19)41-21(3)30(39)35-27-9-5-22(6-10-27)20(2)36-37-31(40)23-12-14-38(15-13-23)18-24-4-8-26(34)17-28(24)33/h4-11,16-17,21,23H,12-15,18H2,1-3H3,(H,35,39)(H,37,40)/b36-20-/t21-/m0/s1. The molecule has 0 aromatic heterocycles. The van der Waals surface area contributed by atoms with Crippen LogP contribution in [0.4, 0.5) is 10.1 Å². The SMILES string of the molecule is C/C(=N/NC(=O)C1CCN(Cc2ccc(F)cc2Cl)CC1)c1ccc(NC(=O)[C@H](C)Oc2ccc(Cl)cc2C)cc1. The third kappa shape index (κ3) is 8.52. The molecule has 41 heavy (non-hydrogen) atoms. The fraction of sp³-hybridized carbons (Fsp3) is 0.323. The molecule has 1 aliphatic rings. The molecular weight excluding hydrogens is 566 g/mol. The van der Waals surface area contributed by atoms with E-state index in [4.69, 9.17) is 27.9 Å². The number of hydrogen-bond acceptors (Lipinski definition) is 5. The molecule has 0 unspecified atom stereocenters. The molecule has 0 saturated carbocycles. The second-order valence-electron chi connectivity index (χ2n) is 10.2. The Bertz CT molecular complexity index is 1420. The van der Waals surface area contributed by atoms with E-state index in [1.54, 1.807) is 43.3 Å². The minimum atomic E-state index is -0.708. The van der Waals surface area contributed by atoms with Gasteiger partial charge in [-0.1, -0.05) is 41.4 Å². The molecule has 1 atom stereocenters. The number of halogens is 3. The Morgan fingerprint density at radius 2 is 1.78 bits per heavy atom. The third-order valence-corrected chi connectivity index (χ3v) is 7.67. The summed E-state index contributed by atoms with van der Waals surface area (Å²) in [5.41, 5.74) is 6.50. The Morgan fingerprint density at radius 1 is 1.07 bits per heavy atom. The number of hydrazone groups is 1. The van der Waals surface area contributed by atoms with Crippen LogP contribution in [-0.4, -0.2) is 41.6 Å². The summed E-state index contributed by atoms with van der Waals surface area (Å²) < 4.78 is 19.1. The molecule has 1 aliphatic heterocycles. The van der Waals surface area contributed by atoms with Crippen LogP contribution in [0.25, 0.3) is 0 Å². The molecule has 3 aromatic carbocycles. The van der Waals surface area contributed by atoms with Crippen molar-refractivity contribution in [3.05, 3.63) is 93.2 Å². The number of carbonyl (C=O) groups is 2. The van der Waals surface area contributed by atoms with Crippen LogP contribution < -0.4 is 15.5 Å².